The van der Waals surface area contributed by atoms with Crippen molar-refractivity contribution < 1.29 is 0 Å². The number of hydrogen-bond donors (Lipinski definition) is 1. The zero-order chi connectivity index (χ0) is 10.1. The summed E-state index contributed by atoms with van der Waals surface area (Å²) in [5.74, 6) is 0. The van der Waals surface area contributed by atoms with Crippen molar-refractivity contribution in [3.8, 4) is 0 Å². The molecule has 0 amide bonds. The molecule has 0 saturated carbocycles. The normalized spacial score (nSPS) is 16.1. The minimum atomic E-state index is 1.03. The van der Waals surface area contributed by atoms with Crippen LogP contribution in [0.25, 0.3) is 5.70 Å². The summed E-state index contributed by atoms with van der Waals surface area (Å²) < 4.78 is 0. The monoisotopic (exact) mass is 186 g/mol. The van der Waals surface area contributed by atoms with Crippen molar-refractivity contribution in [2.75, 3.05) is 7.05 Å². The lowest BCUT2D eigenvalue weighted by Crippen LogP contribution is -2.25. The van der Waals surface area contributed by atoms with Gasteiger partial charge in [0.05, 0.1) is 11.4 Å². The second-order valence-electron chi connectivity index (χ2n) is 3.48. The Morgan fingerprint density at radius 3 is 2.36 bits per heavy atom. The molecule has 0 bridgehead atoms. The van der Waals surface area contributed by atoms with Gasteiger partial charge in [0.2, 0.25) is 0 Å². The number of nitrogens with one attached hydrogen (secondary N) is 1. The molecule has 0 radical (unpaired) electrons. The molecule has 1 aromatic rings. The van der Waals surface area contributed by atoms with E-state index in [0.29, 0.717) is 0 Å². The van der Waals surface area contributed by atoms with Gasteiger partial charge in [-0.25, -0.2) is 0 Å². The van der Waals surface area contributed by atoms with Crippen LogP contribution in [0.15, 0.2) is 48.2 Å². The fraction of sp³-hybridized carbons (Fsp3) is 0.167. The molecule has 2 rings (SSSR count). The summed E-state index contributed by atoms with van der Waals surface area (Å²) >= 11 is 0. The third-order valence-corrected chi connectivity index (χ3v) is 2.55. The molecule has 2 heteroatoms. The quantitative estimate of drug-likeness (QED) is 0.724. The predicted molar refractivity (Wildman–Crippen MR) is 59.1 cm³/mol. The molecule has 72 valence electrons. The fourth-order valence-electron chi connectivity index (χ4n) is 1.60. The summed E-state index contributed by atoms with van der Waals surface area (Å²) in [7, 11) is 1.97. The first-order valence-electron chi connectivity index (χ1n) is 4.66. The lowest BCUT2D eigenvalue weighted by atomic mass is 10.1. The first kappa shape index (κ1) is 8.88. The minimum Gasteiger partial charge on any atom is -0.298 e. The van der Waals surface area contributed by atoms with Gasteiger partial charge < -0.3 is 0 Å². The molecular formula is C12H14N2. The molecule has 0 unspecified atom stereocenters. The third-order valence-electron chi connectivity index (χ3n) is 2.55. The van der Waals surface area contributed by atoms with Gasteiger partial charge >= 0.3 is 0 Å². The lowest BCUT2D eigenvalue weighted by molar-refractivity contribution is 0.392. The summed E-state index contributed by atoms with van der Waals surface area (Å²) in [5, 5.41) is 1.94. The summed E-state index contributed by atoms with van der Waals surface area (Å²) in [5.41, 5.74) is 7.88. The van der Waals surface area contributed by atoms with Gasteiger partial charge in [0.25, 0.3) is 0 Å². The largest absolute Gasteiger partial charge is 0.298 e. The Morgan fingerprint density at radius 1 is 1.21 bits per heavy atom. The highest BCUT2D eigenvalue weighted by Gasteiger charge is 2.19. The van der Waals surface area contributed by atoms with E-state index in [0.717, 1.165) is 11.4 Å². The van der Waals surface area contributed by atoms with E-state index in [1.165, 1.54) is 11.1 Å². The molecule has 1 aliphatic rings. The molecule has 1 aromatic carbocycles. The van der Waals surface area contributed by atoms with E-state index in [4.69, 9.17) is 0 Å². The van der Waals surface area contributed by atoms with Crippen LogP contribution >= 0.6 is 0 Å². The number of allylic oxidation sites excluding steroid dienone is 1. The van der Waals surface area contributed by atoms with Gasteiger partial charge in [0.1, 0.15) is 0 Å². The van der Waals surface area contributed by atoms with E-state index < -0.39 is 0 Å². The molecule has 0 saturated heterocycles. The second kappa shape index (κ2) is 3.22. The fourth-order valence-corrected chi connectivity index (χ4v) is 1.60. The van der Waals surface area contributed by atoms with Crippen LogP contribution < -0.4 is 5.43 Å². The van der Waals surface area contributed by atoms with Crippen molar-refractivity contribution in [1.82, 2.24) is 10.4 Å². The van der Waals surface area contributed by atoms with Crippen LogP contribution in [-0.2, 0) is 0 Å². The van der Waals surface area contributed by atoms with Crippen molar-refractivity contribution in [2.24, 2.45) is 0 Å². The zero-order valence-electron chi connectivity index (χ0n) is 8.54. The predicted octanol–water partition coefficient (Wildman–Crippen LogP) is 2.38. The molecular weight excluding hydrogens is 172 g/mol. The van der Waals surface area contributed by atoms with E-state index in [1.807, 2.05) is 30.3 Å². The van der Waals surface area contributed by atoms with Crippen LogP contribution in [-0.4, -0.2) is 12.1 Å². The third kappa shape index (κ3) is 1.29. The van der Waals surface area contributed by atoms with Gasteiger partial charge in [-0.1, -0.05) is 36.9 Å². The molecule has 0 aliphatic carbocycles. The molecule has 1 N–H and O–H groups in total. The van der Waals surface area contributed by atoms with Gasteiger partial charge in [0.15, 0.2) is 0 Å². The van der Waals surface area contributed by atoms with Crippen molar-refractivity contribution in [1.29, 1.82) is 0 Å². The van der Waals surface area contributed by atoms with Crippen LogP contribution in [0.4, 0.5) is 0 Å². The number of rotatable bonds is 1. The van der Waals surface area contributed by atoms with Gasteiger partial charge in [0, 0.05) is 7.05 Å². The second-order valence-corrected chi connectivity index (χ2v) is 3.48. The number of nitrogens with zero attached hydrogens (tertiary/aromatic N) is 1. The van der Waals surface area contributed by atoms with E-state index in [9.17, 15) is 0 Å². The van der Waals surface area contributed by atoms with Crippen LogP contribution in [0.5, 0.6) is 0 Å². The van der Waals surface area contributed by atoms with E-state index >= 15 is 0 Å². The number of hydrogen-bond acceptors (Lipinski definition) is 2. The standard InChI is InChI=1S/C12H14N2/c1-9-10(2)14(3)13-12(9)11-7-5-4-6-8-11/h4-8,13H,2H2,1,3H3. The van der Waals surface area contributed by atoms with Crippen molar-refractivity contribution in [3.63, 3.8) is 0 Å². The highest BCUT2D eigenvalue weighted by Crippen LogP contribution is 2.27. The summed E-state index contributed by atoms with van der Waals surface area (Å²) in [6, 6.07) is 10.3. The molecule has 2 nitrogen and oxygen atoms in total. The van der Waals surface area contributed by atoms with Crippen LogP contribution in [0.3, 0.4) is 0 Å². The van der Waals surface area contributed by atoms with Crippen molar-refractivity contribution >= 4 is 5.70 Å². The highest BCUT2D eigenvalue weighted by molar-refractivity contribution is 5.72. The number of hydrazine groups is 1. The highest BCUT2D eigenvalue weighted by atomic mass is 15.5. The SMILES string of the molecule is C=C1C(C)=C(c2ccccc2)NN1C. The first-order valence-corrected chi connectivity index (χ1v) is 4.66. The topological polar surface area (TPSA) is 15.3 Å². The van der Waals surface area contributed by atoms with E-state index in [2.05, 4.69) is 31.1 Å². The molecule has 1 aliphatic heterocycles. The lowest BCUT2D eigenvalue weighted by Gasteiger charge is -2.14. The molecule has 14 heavy (non-hydrogen) atoms. The molecule has 0 fully saturated rings. The molecule has 0 aromatic heterocycles. The Hall–Kier alpha value is -1.70. The van der Waals surface area contributed by atoms with Crippen molar-refractivity contribution in [3.05, 3.63) is 53.7 Å². The van der Waals surface area contributed by atoms with Crippen LogP contribution in [0.1, 0.15) is 12.5 Å². The Kier molecular flexibility index (Phi) is 2.04. The Bertz CT molecular complexity index is 390. The van der Waals surface area contributed by atoms with Crippen molar-refractivity contribution in [2.45, 2.75) is 6.92 Å². The summed E-state index contributed by atoms with van der Waals surface area (Å²) in [6.07, 6.45) is 0. The molecule has 0 atom stereocenters. The van der Waals surface area contributed by atoms with Crippen LogP contribution in [0, 0.1) is 0 Å². The van der Waals surface area contributed by atoms with Gasteiger partial charge in [-0.15, -0.1) is 0 Å². The summed E-state index contributed by atoms with van der Waals surface area (Å²) in [6.45, 7) is 6.08. The molecule has 1 heterocycles. The average molecular weight is 186 g/mol. The maximum Gasteiger partial charge on any atom is 0.0664 e. The van der Waals surface area contributed by atoms with Crippen LogP contribution in [0.2, 0.25) is 0 Å². The Balaban J connectivity index is 2.42. The Morgan fingerprint density at radius 2 is 1.86 bits per heavy atom. The maximum atomic E-state index is 4.00. The smallest absolute Gasteiger partial charge is 0.0664 e. The van der Waals surface area contributed by atoms with Gasteiger partial charge in [-0.2, -0.15) is 0 Å². The summed E-state index contributed by atoms with van der Waals surface area (Å²) in [4.78, 5) is 0. The van der Waals surface area contributed by atoms with Gasteiger partial charge in [-0.3, -0.25) is 10.4 Å². The number of benzene rings is 1. The zero-order valence-corrected chi connectivity index (χ0v) is 8.54. The molecule has 0 spiro atoms. The minimum absolute atomic E-state index is 1.03. The van der Waals surface area contributed by atoms with E-state index in [-0.39, 0.29) is 0 Å². The first-order chi connectivity index (χ1) is 6.70. The van der Waals surface area contributed by atoms with E-state index in [1.54, 1.807) is 0 Å². The maximum absolute atomic E-state index is 4.00. The van der Waals surface area contributed by atoms with Gasteiger partial charge in [-0.05, 0) is 18.1 Å². The Labute approximate surface area is 84.5 Å². The average Bonchev–Trinajstić information content (AvgIpc) is 2.47. The number of likely N-dealkylation sites (N-methyl/N-ethyl adjacent to an activating group) is 1.